The summed E-state index contributed by atoms with van der Waals surface area (Å²) >= 11 is 1.88. The van der Waals surface area contributed by atoms with Crippen LogP contribution in [0.2, 0.25) is 0 Å². The summed E-state index contributed by atoms with van der Waals surface area (Å²) in [7, 11) is 0. The molecule has 0 aromatic carbocycles. The van der Waals surface area contributed by atoms with Gasteiger partial charge in [0.25, 0.3) is 0 Å². The lowest BCUT2D eigenvalue weighted by Crippen LogP contribution is -2.20. The van der Waals surface area contributed by atoms with Crippen molar-refractivity contribution in [1.29, 1.82) is 0 Å². The minimum Gasteiger partial charge on any atom is -0.348 e. The first kappa shape index (κ1) is 15.1. The summed E-state index contributed by atoms with van der Waals surface area (Å²) in [6.07, 6.45) is 9.02. The topological polar surface area (TPSA) is 32.3 Å². The zero-order valence-electron chi connectivity index (χ0n) is 13.5. The van der Waals surface area contributed by atoms with Crippen molar-refractivity contribution in [2.24, 2.45) is 5.92 Å². The van der Waals surface area contributed by atoms with E-state index in [1.807, 2.05) is 23.6 Å². The van der Waals surface area contributed by atoms with E-state index in [4.69, 9.17) is 0 Å². The molecule has 4 heterocycles. The van der Waals surface area contributed by atoms with Crippen LogP contribution in [0.25, 0.3) is 0 Å². The van der Waals surface area contributed by atoms with Crippen molar-refractivity contribution in [3.05, 3.63) is 41.2 Å². The Labute approximate surface area is 142 Å². The molecule has 0 radical (unpaired) electrons. The van der Waals surface area contributed by atoms with Crippen LogP contribution in [0.4, 0.5) is 5.13 Å². The van der Waals surface area contributed by atoms with Gasteiger partial charge in [-0.15, -0.1) is 11.3 Å². The zero-order valence-corrected chi connectivity index (χ0v) is 14.3. The summed E-state index contributed by atoms with van der Waals surface area (Å²) < 4.78 is 0. The van der Waals surface area contributed by atoms with Crippen LogP contribution in [0.3, 0.4) is 0 Å². The Kier molecular flexibility index (Phi) is 4.57. The predicted octanol–water partition coefficient (Wildman–Crippen LogP) is 3.20. The monoisotopic (exact) mass is 328 g/mol. The second kappa shape index (κ2) is 6.97. The van der Waals surface area contributed by atoms with Gasteiger partial charge in [0, 0.05) is 49.1 Å². The maximum absolute atomic E-state index is 4.63. The van der Waals surface area contributed by atoms with Crippen LogP contribution in [-0.2, 0) is 13.0 Å². The average molecular weight is 328 g/mol. The van der Waals surface area contributed by atoms with Crippen LogP contribution < -0.4 is 4.90 Å². The molecule has 4 rings (SSSR count). The molecule has 1 atom stereocenters. The van der Waals surface area contributed by atoms with Gasteiger partial charge in [0.05, 0.1) is 0 Å². The van der Waals surface area contributed by atoms with Crippen molar-refractivity contribution < 1.29 is 0 Å². The standard InChI is InChI=1S/C18H24N4S/c1-2-7-19-16(5-1)11-15-6-10-21(13-15)14-17-12-20-18(23-17)22-8-3-4-9-22/h1-2,5,7,12,15H,3-4,6,8-11,13-14H2. The Balaban J connectivity index is 1.30. The first-order chi connectivity index (χ1) is 11.4. The second-order valence-corrected chi connectivity index (χ2v) is 7.81. The molecule has 1 unspecified atom stereocenters. The number of hydrogen-bond acceptors (Lipinski definition) is 5. The van der Waals surface area contributed by atoms with Gasteiger partial charge in [0.1, 0.15) is 0 Å². The highest BCUT2D eigenvalue weighted by atomic mass is 32.1. The van der Waals surface area contributed by atoms with Gasteiger partial charge in [-0.25, -0.2) is 4.98 Å². The molecule has 2 aliphatic rings. The molecule has 0 saturated carbocycles. The van der Waals surface area contributed by atoms with Crippen LogP contribution in [0.5, 0.6) is 0 Å². The summed E-state index contributed by atoms with van der Waals surface area (Å²) in [5.41, 5.74) is 1.23. The summed E-state index contributed by atoms with van der Waals surface area (Å²) in [6, 6.07) is 6.23. The third kappa shape index (κ3) is 3.72. The molecule has 122 valence electrons. The Morgan fingerprint density at radius 3 is 2.87 bits per heavy atom. The van der Waals surface area contributed by atoms with E-state index in [1.165, 1.54) is 61.1 Å². The Morgan fingerprint density at radius 1 is 1.13 bits per heavy atom. The van der Waals surface area contributed by atoms with Crippen molar-refractivity contribution in [3.63, 3.8) is 0 Å². The molecular weight excluding hydrogens is 304 g/mol. The van der Waals surface area contributed by atoms with E-state index in [9.17, 15) is 0 Å². The van der Waals surface area contributed by atoms with Crippen molar-refractivity contribution in [2.75, 3.05) is 31.1 Å². The molecule has 2 aliphatic heterocycles. The molecule has 2 fully saturated rings. The fraction of sp³-hybridized carbons (Fsp3) is 0.556. The molecule has 2 saturated heterocycles. The largest absolute Gasteiger partial charge is 0.348 e. The number of hydrogen-bond donors (Lipinski definition) is 0. The van der Waals surface area contributed by atoms with E-state index in [-0.39, 0.29) is 0 Å². The minimum atomic E-state index is 0.746. The Hall–Kier alpha value is -1.46. The fourth-order valence-electron chi connectivity index (χ4n) is 3.68. The highest BCUT2D eigenvalue weighted by Crippen LogP contribution is 2.28. The summed E-state index contributed by atoms with van der Waals surface area (Å²) in [4.78, 5) is 15.5. The van der Waals surface area contributed by atoms with E-state index in [2.05, 4.69) is 38.1 Å². The molecule has 23 heavy (non-hydrogen) atoms. The SMILES string of the molecule is c1ccc(CC2CCN(Cc3cnc(N4CCCC4)s3)C2)nc1. The van der Waals surface area contributed by atoms with Crippen LogP contribution in [0.1, 0.15) is 29.8 Å². The van der Waals surface area contributed by atoms with Gasteiger partial charge in [-0.2, -0.15) is 0 Å². The maximum atomic E-state index is 4.63. The fourth-order valence-corrected chi connectivity index (χ4v) is 4.69. The first-order valence-electron chi connectivity index (χ1n) is 8.69. The number of pyridine rings is 1. The molecule has 0 N–H and O–H groups in total. The highest BCUT2D eigenvalue weighted by molar-refractivity contribution is 7.15. The molecule has 0 bridgehead atoms. The molecule has 2 aromatic heterocycles. The van der Waals surface area contributed by atoms with Gasteiger partial charge in [0.2, 0.25) is 0 Å². The van der Waals surface area contributed by atoms with E-state index in [1.54, 1.807) is 0 Å². The lowest BCUT2D eigenvalue weighted by Gasteiger charge is -2.15. The number of nitrogens with zero attached hydrogens (tertiary/aromatic N) is 4. The molecule has 0 spiro atoms. The zero-order chi connectivity index (χ0) is 15.5. The van der Waals surface area contributed by atoms with Crippen molar-refractivity contribution >= 4 is 16.5 Å². The minimum absolute atomic E-state index is 0.746. The smallest absolute Gasteiger partial charge is 0.185 e. The summed E-state index contributed by atoms with van der Waals surface area (Å²) in [5, 5.41) is 1.22. The van der Waals surface area contributed by atoms with E-state index < -0.39 is 0 Å². The van der Waals surface area contributed by atoms with E-state index in [0.29, 0.717) is 0 Å². The van der Waals surface area contributed by atoms with Crippen LogP contribution >= 0.6 is 11.3 Å². The van der Waals surface area contributed by atoms with Crippen LogP contribution in [0, 0.1) is 5.92 Å². The highest BCUT2D eigenvalue weighted by Gasteiger charge is 2.24. The molecule has 5 heteroatoms. The van der Waals surface area contributed by atoms with Crippen LogP contribution in [-0.4, -0.2) is 41.0 Å². The van der Waals surface area contributed by atoms with Crippen molar-refractivity contribution in [3.8, 4) is 0 Å². The lowest BCUT2D eigenvalue weighted by atomic mass is 10.0. The first-order valence-corrected chi connectivity index (χ1v) is 9.50. The second-order valence-electron chi connectivity index (χ2n) is 6.72. The third-order valence-corrected chi connectivity index (χ3v) is 5.93. The number of aromatic nitrogens is 2. The van der Waals surface area contributed by atoms with Crippen LogP contribution in [0.15, 0.2) is 30.6 Å². The lowest BCUT2D eigenvalue weighted by molar-refractivity contribution is 0.318. The normalized spacial score (nSPS) is 22.1. The van der Waals surface area contributed by atoms with Gasteiger partial charge < -0.3 is 4.90 Å². The number of anilines is 1. The molecule has 0 amide bonds. The van der Waals surface area contributed by atoms with Crippen molar-refractivity contribution in [2.45, 2.75) is 32.2 Å². The van der Waals surface area contributed by atoms with Gasteiger partial charge in [-0.05, 0) is 50.3 Å². The van der Waals surface area contributed by atoms with Gasteiger partial charge in [0.15, 0.2) is 5.13 Å². The van der Waals surface area contributed by atoms with E-state index in [0.717, 1.165) is 18.9 Å². The quantitative estimate of drug-likeness (QED) is 0.844. The maximum Gasteiger partial charge on any atom is 0.185 e. The molecular formula is C18H24N4S. The average Bonchev–Trinajstić information content (AvgIpc) is 3.30. The predicted molar refractivity (Wildman–Crippen MR) is 94.9 cm³/mol. The summed E-state index contributed by atoms with van der Waals surface area (Å²) in [6.45, 7) is 5.82. The van der Waals surface area contributed by atoms with Gasteiger partial charge in [-0.1, -0.05) is 6.07 Å². The summed E-state index contributed by atoms with van der Waals surface area (Å²) in [5.74, 6) is 0.746. The number of rotatable bonds is 5. The van der Waals surface area contributed by atoms with Gasteiger partial charge >= 0.3 is 0 Å². The molecule has 4 nitrogen and oxygen atoms in total. The molecule has 2 aromatic rings. The number of thiazole rings is 1. The molecule has 0 aliphatic carbocycles. The third-order valence-electron chi connectivity index (χ3n) is 4.89. The number of likely N-dealkylation sites (tertiary alicyclic amines) is 1. The van der Waals surface area contributed by atoms with E-state index >= 15 is 0 Å². The van der Waals surface area contributed by atoms with Gasteiger partial charge in [-0.3, -0.25) is 9.88 Å². The Bertz CT molecular complexity index is 621. The van der Waals surface area contributed by atoms with Crippen molar-refractivity contribution in [1.82, 2.24) is 14.9 Å². The Morgan fingerprint density at radius 2 is 2.04 bits per heavy atom.